The lowest BCUT2D eigenvalue weighted by Gasteiger charge is -2.13. The van der Waals surface area contributed by atoms with E-state index in [1.54, 1.807) is 16.4 Å². The van der Waals surface area contributed by atoms with Crippen LogP contribution in [0, 0.1) is 6.92 Å². The second kappa shape index (κ2) is 9.80. The van der Waals surface area contributed by atoms with Gasteiger partial charge in [-0.1, -0.05) is 30.8 Å². The van der Waals surface area contributed by atoms with E-state index in [1.165, 1.54) is 11.8 Å². The maximum Gasteiger partial charge on any atom is 0.280 e. The molecule has 0 atom stereocenters. The van der Waals surface area contributed by atoms with Crippen LogP contribution in [-0.4, -0.2) is 44.6 Å². The van der Waals surface area contributed by atoms with Gasteiger partial charge in [-0.3, -0.25) is 18.8 Å². The molecule has 160 valence electrons. The Balaban J connectivity index is 2.02. The number of carbonyl (C=O) groups is 1. The lowest BCUT2D eigenvalue weighted by molar-refractivity contribution is -0.118. The van der Waals surface area contributed by atoms with Crippen LogP contribution in [0.15, 0.2) is 34.2 Å². The highest BCUT2D eigenvalue weighted by molar-refractivity contribution is 7.99. The van der Waals surface area contributed by atoms with Gasteiger partial charge in [-0.25, -0.2) is 4.98 Å². The van der Waals surface area contributed by atoms with E-state index in [0.29, 0.717) is 41.5 Å². The van der Waals surface area contributed by atoms with Crippen LogP contribution in [0.25, 0.3) is 11.0 Å². The molecule has 0 saturated heterocycles. The van der Waals surface area contributed by atoms with Crippen molar-refractivity contribution >= 4 is 28.7 Å². The van der Waals surface area contributed by atoms with Crippen molar-refractivity contribution in [1.82, 2.24) is 24.6 Å². The standard InChI is InChI=1S/C21H27N5O3S/c1-5-11-22-17(27)13-30-21-23-18-14(3)24-26(6-2)19(18)20(28)25(21)12-15-7-9-16(29-4)10-8-15/h7-10H,5-6,11-13H2,1-4H3,(H,22,27). The number of thioether (sulfide) groups is 1. The van der Waals surface area contributed by atoms with E-state index in [-0.39, 0.29) is 17.2 Å². The molecular formula is C21H27N5O3S. The Morgan fingerprint density at radius 2 is 1.97 bits per heavy atom. The molecular weight excluding hydrogens is 402 g/mol. The smallest absolute Gasteiger partial charge is 0.280 e. The summed E-state index contributed by atoms with van der Waals surface area (Å²) in [5.74, 6) is 0.872. The average molecular weight is 430 g/mol. The van der Waals surface area contributed by atoms with Crippen molar-refractivity contribution in [3.63, 3.8) is 0 Å². The van der Waals surface area contributed by atoms with Crippen LogP contribution < -0.4 is 15.6 Å². The molecule has 0 saturated carbocycles. The van der Waals surface area contributed by atoms with Gasteiger partial charge in [0.25, 0.3) is 5.56 Å². The third kappa shape index (κ3) is 4.67. The highest BCUT2D eigenvalue weighted by atomic mass is 32.2. The molecule has 1 N–H and O–H groups in total. The minimum Gasteiger partial charge on any atom is -0.497 e. The fourth-order valence-electron chi connectivity index (χ4n) is 3.13. The molecule has 0 fully saturated rings. The Morgan fingerprint density at radius 1 is 1.23 bits per heavy atom. The number of ether oxygens (including phenoxy) is 1. The minimum absolute atomic E-state index is 0.0758. The number of methoxy groups -OCH3 is 1. The average Bonchev–Trinajstić information content (AvgIpc) is 3.09. The first kappa shape index (κ1) is 21.9. The van der Waals surface area contributed by atoms with Gasteiger partial charge >= 0.3 is 0 Å². The number of hydrogen-bond donors (Lipinski definition) is 1. The number of aryl methyl sites for hydroxylation is 2. The summed E-state index contributed by atoms with van der Waals surface area (Å²) < 4.78 is 8.52. The van der Waals surface area contributed by atoms with Crippen molar-refractivity contribution in [2.45, 2.75) is 45.4 Å². The monoisotopic (exact) mass is 429 g/mol. The molecule has 1 aromatic carbocycles. The van der Waals surface area contributed by atoms with Crippen LogP contribution in [0.4, 0.5) is 0 Å². The number of rotatable bonds is 9. The molecule has 1 amide bonds. The highest BCUT2D eigenvalue weighted by Gasteiger charge is 2.19. The predicted octanol–water partition coefficient (Wildman–Crippen LogP) is 2.60. The van der Waals surface area contributed by atoms with Crippen molar-refractivity contribution in [1.29, 1.82) is 0 Å². The van der Waals surface area contributed by atoms with Gasteiger partial charge in [0.15, 0.2) is 10.7 Å². The number of aromatic nitrogens is 4. The lowest BCUT2D eigenvalue weighted by Crippen LogP contribution is -2.28. The van der Waals surface area contributed by atoms with Gasteiger partial charge < -0.3 is 10.1 Å². The van der Waals surface area contributed by atoms with Crippen molar-refractivity contribution in [3.05, 3.63) is 45.9 Å². The lowest BCUT2D eigenvalue weighted by atomic mass is 10.2. The van der Waals surface area contributed by atoms with Crippen LogP contribution in [0.3, 0.4) is 0 Å². The second-order valence-corrected chi connectivity index (χ2v) is 7.81. The molecule has 30 heavy (non-hydrogen) atoms. The first-order valence-electron chi connectivity index (χ1n) is 9.98. The minimum atomic E-state index is -0.158. The molecule has 0 radical (unpaired) electrons. The summed E-state index contributed by atoms with van der Waals surface area (Å²) in [4.78, 5) is 30.2. The van der Waals surface area contributed by atoms with Crippen LogP contribution in [0.5, 0.6) is 5.75 Å². The number of nitrogens with one attached hydrogen (secondary N) is 1. The van der Waals surface area contributed by atoms with Gasteiger partial charge in [0.1, 0.15) is 11.3 Å². The van der Waals surface area contributed by atoms with Crippen LogP contribution >= 0.6 is 11.8 Å². The zero-order valence-corrected chi connectivity index (χ0v) is 18.6. The molecule has 0 spiro atoms. The zero-order chi connectivity index (χ0) is 21.7. The Morgan fingerprint density at radius 3 is 2.60 bits per heavy atom. The van der Waals surface area contributed by atoms with E-state index >= 15 is 0 Å². The van der Waals surface area contributed by atoms with Crippen LogP contribution in [0.1, 0.15) is 31.5 Å². The number of nitrogens with zero attached hydrogens (tertiary/aromatic N) is 4. The molecule has 0 bridgehead atoms. The summed E-state index contributed by atoms with van der Waals surface area (Å²) in [5, 5.41) is 7.82. The topological polar surface area (TPSA) is 91.0 Å². The molecule has 2 aromatic heterocycles. The van der Waals surface area contributed by atoms with E-state index in [0.717, 1.165) is 17.7 Å². The van der Waals surface area contributed by atoms with Gasteiger partial charge in [-0.05, 0) is 38.0 Å². The molecule has 8 nitrogen and oxygen atoms in total. The third-order valence-electron chi connectivity index (χ3n) is 4.69. The Bertz CT molecular complexity index is 1090. The molecule has 0 aliphatic heterocycles. The van der Waals surface area contributed by atoms with Crippen molar-refractivity contribution < 1.29 is 9.53 Å². The summed E-state index contributed by atoms with van der Waals surface area (Å²) in [6.45, 7) is 7.35. The first-order chi connectivity index (χ1) is 14.5. The number of benzene rings is 1. The fourth-order valence-corrected chi connectivity index (χ4v) is 3.95. The SMILES string of the molecule is CCCNC(=O)CSc1nc2c(C)nn(CC)c2c(=O)n1Cc1ccc(OC)cc1. The Kier molecular flexibility index (Phi) is 7.15. The van der Waals surface area contributed by atoms with Crippen molar-refractivity contribution in [3.8, 4) is 5.75 Å². The maximum absolute atomic E-state index is 13.4. The molecule has 3 aromatic rings. The molecule has 3 rings (SSSR count). The molecule has 0 aliphatic carbocycles. The summed E-state index contributed by atoms with van der Waals surface area (Å²) >= 11 is 1.27. The molecule has 0 unspecified atom stereocenters. The van der Waals surface area contributed by atoms with E-state index in [1.807, 2.05) is 45.0 Å². The van der Waals surface area contributed by atoms with Crippen molar-refractivity contribution in [2.75, 3.05) is 19.4 Å². The van der Waals surface area contributed by atoms with E-state index in [9.17, 15) is 9.59 Å². The summed E-state index contributed by atoms with van der Waals surface area (Å²) in [6, 6.07) is 7.55. The van der Waals surface area contributed by atoms with Gasteiger partial charge in [0, 0.05) is 13.1 Å². The van der Waals surface area contributed by atoms with Gasteiger partial charge in [-0.15, -0.1) is 0 Å². The van der Waals surface area contributed by atoms with Crippen LogP contribution in [-0.2, 0) is 17.9 Å². The molecule has 9 heteroatoms. The van der Waals surface area contributed by atoms with E-state index < -0.39 is 0 Å². The van der Waals surface area contributed by atoms with E-state index in [4.69, 9.17) is 9.72 Å². The van der Waals surface area contributed by atoms with Gasteiger partial charge in [0.05, 0.1) is 25.1 Å². The third-order valence-corrected chi connectivity index (χ3v) is 5.66. The second-order valence-electron chi connectivity index (χ2n) is 6.87. The normalized spacial score (nSPS) is 11.1. The largest absolute Gasteiger partial charge is 0.497 e. The highest BCUT2D eigenvalue weighted by Crippen LogP contribution is 2.21. The number of amides is 1. The van der Waals surface area contributed by atoms with Crippen LogP contribution in [0.2, 0.25) is 0 Å². The quantitative estimate of drug-likeness (QED) is 0.415. The maximum atomic E-state index is 13.4. The Hall–Kier alpha value is -2.81. The van der Waals surface area contributed by atoms with Gasteiger partial charge in [-0.2, -0.15) is 5.10 Å². The summed E-state index contributed by atoms with van der Waals surface area (Å²) in [6.07, 6.45) is 0.873. The number of hydrogen-bond acceptors (Lipinski definition) is 6. The van der Waals surface area contributed by atoms with E-state index in [2.05, 4.69) is 10.4 Å². The van der Waals surface area contributed by atoms with Gasteiger partial charge in [0.2, 0.25) is 5.91 Å². The number of carbonyl (C=O) groups excluding carboxylic acids is 1. The molecule has 0 aliphatic rings. The summed E-state index contributed by atoms with van der Waals surface area (Å²) in [7, 11) is 1.62. The Labute approximate surface area is 179 Å². The zero-order valence-electron chi connectivity index (χ0n) is 17.8. The van der Waals surface area contributed by atoms with Crippen molar-refractivity contribution in [2.24, 2.45) is 0 Å². The molecule has 2 heterocycles. The number of fused-ring (bicyclic) bond motifs is 1. The predicted molar refractivity (Wildman–Crippen MR) is 118 cm³/mol. The first-order valence-corrected chi connectivity index (χ1v) is 11.0. The summed E-state index contributed by atoms with van der Waals surface area (Å²) in [5.41, 5.74) is 2.57. The fraction of sp³-hybridized carbons (Fsp3) is 0.429.